The summed E-state index contributed by atoms with van der Waals surface area (Å²) in [5.74, 6) is 6.80. The van der Waals surface area contributed by atoms with Gasteiger partial charge in [-0.15, -0.1) is 0 Å². The van der Waals surface area contributed by atoms with Gasteiger partial charge in [-0.3, -0.25) is 0 Å². The highest BCUT2D eigenvalue weighted by Gasteiger charge is 2.43. The van der Waals surface area contributed by atoms with Crippen LogP contribution in [0.5, 0.6) is 0 Å². The zero-order valence-corrected chi connectivity index (χ0v) is 16.0. The normalized spacial score (nSPS) is 33.3. The van der Waals surface area contributed by atoms with Crippen LogP contribution < -0.4 is 0 Å². The van der Waals surface area contributed by atoms with E-state index < -0.39 is 0 Å². The number of hydrogen-bond donors (Lipinski definition) is 0. The molecule has 0 heterocycles. The summed E-state index contributed by atoms with van der Waals surface area (Å²) < 4.78 is 0. The monoisotopic (exact) mass is 294 g/mol. The summed E-state index contributed by atoms with van der Waals surface area (Å²) in [6.07, 6.45) is 9.96. The molecule has 7 unspecified atom stereocenters. The Labute approximate surface area is 135 Å². The molecule has 1 aliphatic rings. The van der Waals surface area contributed by atoms with Gasteiger partial charge in [0.1, 0.15) is 0 Å². The Hall–Kier alpha value is 0. The molecule has 7 atom stereocenters. The van der Waals surface area contributed by atoms with E-state index in [9.17, 15) is 0 Å². The van der Waals surface area contributed by atoms with Gasteiger partial charge in [0.15, 0.2) is 0 Å². The van der Waals surface area contributed by atoms with Gasteiger partial charge in [-0.05, 0) is 54.3 Å². The highest BCUT2D eigenvalue weighted by molar-refractivity contribution is 4.91. The van der Waals surface area contributed by atoms with Crippen LogP contribution >= 0.6 is 0 Å². The lowest BCUT2D eigenvalue weighted by atomic mass is 9.55. The Bertz CT molecular complexity index is 269. The molecule has 0 aromatic carbocycles. The zero-order chi connectivity index (χ0) is 16.0. The lowest BCUT2D eigenvalue weighted by Gasteiger charge is -2.50. The molecule has 0 radical (unpaired) electrons. The molecule has 0 nitrogen and oxygen atoms in total. The van der Waals surface area contributed by atoms with Crippen LogP contribution in [0.2, 0.25) is 0 Å². The van der Waals surface area contributed by atoms with Gasteiger partial charge >= 0.3 is 0 Å². The van der Waals surface area contributed by atoms with Gasteiger partial charge in [-0.1, -0.05) is 80.6 Å². The van der Waals surface area contributed by atoms with Crippen LogP contribution in [0.3, 0.4) is 0 Å². The van der Waals surface area contributed by atoms with Gasteiger partial charge in [0.05, 0.1) is 0 Å². The summed E-state index contributed by atoms with van der Waals surface area (Å²) in [6, 6.07) is 0. The van der Waals surface area contributed by atoms with Gasteiger partial charge in [-0.2, -0.15) is 0 Å². The predicted octanol–water partition coefficient (Wildman–Crippen LogP) is 7.18. The van der Waals surface area contributed by atoms with Crippen molar-refractivity contribution in [3.63, 3.8) is 0 Å². The molecule has 0 aliphatic heterocycles. The average Bonchev–Trinajstić information content (AvgIpc) is 2.47. The molecule has 1 rings (SSSR count). The Morgan fingerprint density at radius 3 is 2.00 bits per heavy atom. The highest BCUT2D eigenvalue weighted by atomic mass is 14.5. The van der Waals surface area contributed by atoms with Crippen molar-refractivity contribution in [1.29, 1.82) is 0 Å². The third-order valence-corrected chi connectivity index (χ3v) is 6.97. The van der Waals surface area contributed by atoms with Gasteiger partial charge in [0, 0.05) is 0 Å². The standard InChI is InChI=1S/C21H42/c1-8-11-15(4)14-19(9-2)16(5)12-13-21-18(7)17(6)20(21)10-3/h15-21H,8-14H2,1-7H3. The molecule has 0 saturated heterocycles. The van der Waals surface area contributed by atoms with E-state index in [-0.39, 0.29) is 0 Å². The molecule has 0 N–H and O–H groups in total. The maximum atomic E-state index is 2.53. The topological polar surface area (TPSA) is 0 Å². The molecule has 1 fully saturated rings. The molecule has 0 aromatic rings. The molecular weight excluding hydrogens is 252 g/mol. The molecule has 0 aromatic heterocycles. The number of rotatable bonds is 10. The van der Waals surface area contributed by atoms with Crippen LogP contribution in [-0.2, 0) is 0 Å². The van der Waals surface area contributed by atoms with Crippen LogP contribution in [-0.4, -0.2) is 0 Å². The van der Waals surface area contributed by atoms with E-state index in [1.165, 1.54) is 44.9 Å². The second-order valence-electron chi connectivity index (χ2n) is 8.31. The van der Waals surface area contributed by atoms with Crippen molar-refractivity contribution in [3.8, 4) is 0 Å². The highest BCUT2D eigenvalue weighted by Crippen LogP contribution is 2.50. The van der Waals surface area contributed by atoms with Gasteiger partial charge in [0.2, 0.25) is 0 Å². The minimum Gasteiger partial charge on any atom is -0.0654 e. The molecular formula is C21H42. The van der Waals surface area contributed by atoms with Crippen molar-refractivity contribution in [2.75, 3.05) is 0 Å². The van der Waals surface area contributed by atoms with E-state index in [4.69, 9.17) is 0 Å². The zero-order valence-electron chi connectivity index (χ0n) is 16.0. The fraction of sp³-hybridized carbons (Fsp3) is 1.00. The Morgan fingerprint density at radius 1 is 0.857 bits per heavy atom. The van der Waals surface area contributed by atoms with E-state index in [1.54, 1.807) is 0 Å². The fourth-order valence-electron chi connectivity index (χ4n) is 5.19. The van der Waals surface area contributed by atoms with E-state index in [2.05, 4.69) is 48.5 Å². The first-order chi connectivity index (χ1) is 9.96. The van der Waals surface area contributed by atoms with E-state index in [0.717, 1.165) is 41.4 Å². The third kappa shape index (κ3) is 5.00. The molecule has 126 valence electrons. The van der Waals surface area contributed by atoms with Gasteiger partial charge in [-0.25, -0.2) is 0 Å². The Balaban J connectivity index is 2.38. The Morgan fingerprint density at radius 2 is 1.48 bits per heavy atom. The van der Waals surface area contributed by atoms with Crippen molar-refractivity contribution >= 4 is 0 Å². The molecule has 1 saturated carbocycles. The quantitative estimate of drug-likeness (QED) is 0.400. The van der Waals surface area contributed by atoms with Crippen molar-refractivity contribution < 1.29 is 0 Å². The average molecular weight is 295 g/mol. The first kappa shape index (κ1) is 19.0. The Kier molecular flexibility index (Phi) is 8.35. The summed E-state index contributed by atoms with van der Waals surface area (Å²) in [7, 11) is 0. The molecule has 21 heavy (non-hydrogen) atoms. The van der Waals surface area contributed by atoms with E-state index >= 15 is 0 Å². The van der Waals surface area contributed by atoms with Crippen LogP contribution in [0.25, 0.3) is 0 Å². The lowest BCUT2D eigenvalue weighted by Crippen LogP contribution is -2.43. The maximum absolute atomic E-state index is 2.53. The number of hydrogen-bond acceptors (Lipinski definition) is 0. The summed E-state index contributed by atoms with van der Waals surface area (Å²) in [6.45, 7) is 17.1. The van der Waals surface area contributed by atoms with Crippen molar-refractivity contribution in [1.82, 2.24) is 0 Å². The van der Waals surface area contributed by atoms with E-state index in [0.29, 0.717) is 0 Å². The molecule has 0 amide bonds. The first-order valence-electron chi connectivity index (χ1n) is 9.96. The second kappa shape index (κ2) is 9.21. The minimum absolute atomic E-state index is 0.924. The molecule has 0 bridgehead atoms. The summed E-state index contributed by atoms with van der Waals surface area (Å²) in [4.78, 5) is 0. The fourth-order valence-corrected chi connectivity index (χ4v) is 5.19. The smallest absolute Gasteiger partial charge is 0.0355 e. The minimum atomic E-state index is 0.924. The third-order valence-electron chi connectivity index (χ3n) is 6.97. The molecule has 0 heteroatoms. The predicted molar refractivity (Wildman–Crippen MR) is 96.5 cm³/mol. The largest absolute Gasteiger partial charge is 0.0654 e. The van der Waals surface area contributed by atoms with Crippen molar-refractivity contribution in [2.24, 2.45) is 41.4 Å². The second-order valence-corrected chi connectivity index (χ2v) is 8.31. The summed E-state index contributed by atoms with van der Waals surface area (Å²) >= 11 is 0. The first-order valence-corrected chi connectivity index (χ1v) is 9.96. The maximum Gasteiger partial charge on any atom is -0.0355 e. The lowest BCUT2D eigenvalue weighted by molar-refractivity contribution is -0.0115. The van der Waals surface area contributed by atoms with Crippen LogP contribution in [0.4, 0.5) is 0 Å². The summed E-state index contributed by atoms with van der Waals surface area (Å²) in [5.41, 5.74) is 0. The summed E-state index contributed by atoms with van der Waals surface area (Å²) in [5, 5.41) is 0. The molecule has 0 spiro atoms. The van der Waals surface area contributed by atoms with Crippen molar-refractivity contribution in [3.05, 3.63) is 0 Å². The van der Waals surface area contributed by atoms with Gasteiger partial charge in [0.25, 0.3) is 0 Å². The van der Waals surface area contributed by atoms with Crippen LogP contribution in [0.15, 0.2) is 0 Å². The SMILES string of the molecule is CCCC(C)CC(CC)C(C)CCC1C(C)C(C)C1CC. The van der Waals surface area contributed by atoms with E-state index in [1.807, 2.05) is 0 Å². The van der Waals surface area contributed by atoms with Gasteiger partial charge < -0.3 is 0 Å². The van der Waals surface area contributed by atoms with Crippen LogP contribution in [0, 0.1) is 41.4 Å². The van der Waals surface area contributed by atoms with Crippen LogP contribution in [0.1, 0.15) is 93.4 Å². The van der Waals surface area contributed by atoms with Crippen molar-refractivity contribution in [2.45, 2.75) is 93.4 Å². The molecule has 1 aliphatic carbocycles.